The molecule has 2 amide bonds. The molecule has 10 heteroatoms. The van der Waals surface area contributed by atoms with Crippen LogP contribution in [0, 0.1) is 18.3 Å². The maximum Gasteiger partial charge on any atom is 0.412 e. The second kappa shape index (κ2) is 8.76. The summed E-state index contributed by atoms with van der Waals surface area (Å²) in [6.07, 6.45) is 5.95. The van der Waals surface area contributed by atoms with E-state index in [2.05, 4.69) is 25.0 Å². The molecule has 0 aliphatic heterocycles. The Morgan fingerprint density at radius 2 is 1.94 bits per heavy atom. The third-order valence-electron chi connectivity index (χ3n) is 5.07. The highest BCUT2D eigenvalue weighted by Crippen LogP contribution is 2.26. The van der Waals surface area contributed by atoms with E-state index in [0.717, 1.165) is 22.5 Å². The number of fused-ring (bicyclic) bond motifs is 1. The quantitative estimate of drug-likeness (QED) is 0.514. The third kappa shape index (κ3) is 4.20. The number of carbonyl (C=O) groups excluding carboxylic acids is 2. The van der Waals surface area contributed by atoms with Gasteiger partial charge in [-0.1, -0.05) is 0 Å². The predicted molar refractivity (Wildman–Crippen MR) is 121 cm³/mol. The fourth-order valence-electron chi connectivity index (χ4n) is 3.31. The van der Waals surface area contributed by atoms with E-state index in [1.54, 1.807) is 37.6 Å². The van der Waals surface area contributed by atoms with Gasteiger partial charge in [-0.3, -0.25) is 14.5 Å². The Bertz CT molecular complexity index is 1390. The van der Waals surface area contributed by atoms with E-state index in [9.17, 15) is 9.59 Å². The summed E-state index contributed by atoms with van der Waals surface area (Å²) in [5, 5.41) is 11.4. The zero-order valence-electron chi connectivity index (χ0n) is 18.1. The molecule has 4 rings (SSSR count). The van der Waals surface area contributed by atoms with Gasteiger partial charge in [-0.05, 0) is 42.8 Å². The molecule has 4 aromatic heterocycles. The van der Waals surface area contributed by atoms with Gasteiger partial charge in [0.2, 0.25) is 0 Å². The lowest BCUT2D eigenvalue weighted by Crippen LogP contribution is -2.26. The third-order valence-corrected chi connectivity index (χ3v) is 5.07. The van der Waals surface area contributed by atoms with Crippen LogP contribution in [0.25, 0.3) is 16.9 Å². The molecule has 0 unspecified atom stereocenters. The van der Waals surface area contributed by atoms with Gasteiger partial charge in [0, 0.05) is 31.2 Å². The van der Waals surface area contributed by atoms with Gasteiger partial charge in [0.25, 0.3) is 5.91 Å². The van der Waals surface area contributed by atoms with Crippen LogP contribution in [0.5, 0.6) is 0 Å². The maximum absolute atomic E-state index is 13.0. The van der Waals surface area contributed by atoms with Crippen molar-refractivity contribution in [3.8, 4) is 17.3 Å². The number of methoxy groups -OCH3 is 1. The number of hydrogen-bond donors (Lipinski definition) is 1. The normalized spacial score (nSPS) is 10.5. The molecule has 0 aliphatic rings. The summed E-state index contributed by atoms with van der Waals surface area (Å²) in [6, 6.07) is 10.4. The zero-order valence-corrected chi connectivity index (χ0v) is 18.1. The number of ether oxygens (including phenoxy) is 1. The second-order valence-electron chi connectivity index (χ2n) is 7.18. The van der Waals surface area contributed by atoms with Crippen molar-refractivity contribution in [1.82, 2.24) is 19.4 Å². The highest BCUT2D eigenvalue weighted by Gasteiger charge is 2.17. The highest BCUT2D eigenvalue weighted by molar-refractivity contribution is 6.05. The first-order chi connectivity index (χ1) is 15.9. The molecule has 0 aromatic carbocycles. The number of imidazole rings is 1. The molecular formula is C23H19N7O3. The lowest BCUT2D eigenvalue weighted by molar-refractivity contribution is 0.0992. The number of nitrogens with zero attached hydrogens (tertiary/aromatic N) is 6. The number of amides is 2. The second-order valence-corrected chi connectivity index (χ2v) is 7.18. The summed E-state index contributed by atoms with van der Waals surface area (Å²) >= 11 is 0. The number of hydrogen-bond acceptors (Lipinski definition) is 7. The van der Waals surface area contributed by atoms with Crippen molar-refractivity contribution >= 4 is 29.2 Å². The number of nitriles is 1. The molecule has 33 heavy (non-hydrogen) atoms. The minimum atomic E-state index is -0.601. The predicted octanol–water partition coefficient (Wildman–Crippen LogP) is 3.43. The van der Waals surface area contributed by atoms with Crippen molar-refractivity contribution < 1.29 is 14.3 Å². The SMILES string of the molecule is COC(=O)Nc1ccc(-c2cnc3c(C)cc(N(C)C(=O)c4ccc(C#N)nc4)cn23)cn1. The largest absolute Gasteiger partial charge is 0.453 e. The topological polar surface area (TPSA) is 126 Å². The van der Waals surface area contributed by atoms with Crippen LogP contribution in [-0.4, -0.2) is 45.5 Å². The van der Waals surface area contributed by atoms with Crippen molar-refractivity contribution in [3.63, 3.8) is 0 Å². The average molecular weight is 441 g/mol. The van der Waals surface area contributed by atoms with Crippen LogP contribution in [0.4, 0.5) is 16.3 Å². The van der Waals surface area contributed by atoms with E-state index in [1.165, 1.54) is 24.3 Å². The summed E-state index contributed by atoms with van der Waals surface area (Å²) in [4.78, 5) is 38.6. The number of aryl methyl sites for hydroxylation is 1. The van der Waals surface area contributed by atoms with Crippen LogP contribution in [0.3, 0.4) is 0 Å². The van der Waals surface area contributed by atoms with Crippen LogP contribution in [-0.2, 0) is 4.74 Å². The number of aromatic nitrogens is 4. The molecule has 0 fully saturated rings. The van der Waals surface area contributed by atoms with Crippen LogP contribution in [0.2, 0.25) is 0 Å². The molecule has 4 heterocycles. The van der Waals surface area contributed by atoms with Gasteiger partial charge in [0.05, 0.1) is 30.3 Å². The Kier molecular flexibility index (Phi) is 5.69. The highest BCUT2D eigenvalue weighted by atomic mass is 16.5. The fraction of sp³-hybridized carbons (Fsp3) is 0.130. The van der Waals surface area contributed by atoms with Crippen molar-refractivity contribution in [1.29, 1.82) is 5.26 Å². The Morgan fingerprint density at radius 1 is 1.12 bits per heavy atom. The van der Waals surface area contributed by atoms with Crippen molar-refractivity contribution in [2.24, 2.45) is 0 Å². The van der Waals surface area contributed by atoms with Gasteiger partial charge in [-0.15, -0.1) is 0 Å². The van der Waals surface area contributed by atoms with Gasteiger partial charge >= 0.3 is 6.09 Å². The van der Waals surface area contributed by atoms with Gasteiger partial charge in [0.1, 0.15) is 23.2 Å². The molecule has 0 aliphatic carbocycles. The van der Waals surface area contributed by atoms with E-state index in [0.29, 0.717) is 17.1 Å². The van der Waals surface area contributed by atoms with Crippen molar-refractivity contribution in [3.05, 3.63) is 71.9 Å². The summed E-state index contributed by atoms with van der Waals surface area (Å²) in [6.45, 7) is 1.92. The van der Waals surface area contributed by atoms with Crippen LogP contribution < -0.4 is 10.2 Å². The molecular weight excluding hydrogens is 422 g/mol. The average Bonchev–Trinajstić information content (AvgIpc) is 3.28. The summed E-state index contributed by atoms with van der Waals surface area (Å²) < 4.78 is 6.46. The Labute approximate surface area is 189 Å². The lowest BCUT2D eigenvalue weighted by Gasteiger charge is -2.19. The molecule has 0 saturated carbocycles. The summed E-state index contributed by atoms with van der Waals surface area (Å²) in [5.74, 6) is 0.102. The molecule has 0 atom stereocenters. The molecule has 0 spiro atoms. The Balaban J connectivity index is 1.68. The minimum Gasteiger partial charge on any atom is -0.453 e. The molecule has 164 valence electrons. The fourth-order valence-corrected chi connectivity index (χ4v) is 3.31. The van der Waals surface area contributed by atoms with E-state index in [1.807, 2.05) is 29.7 Å². The molecule has 0 saturated heterocycles. The summed E-state index contributed by atoms with van der Waals surface area (Å²) in [7, 11) is 2.95. The number of carbonyl (C=O) groups is 2. The number of anilines is 2. The minimum absolute atomic E-state index is 0.246. The molecule has 1 N–H and O–H groups in total. The number of pyridine rings is 3. The van der Waals surface area contributed by atoms with Crippen LogP contribution in [0.1, 0.15) is 21.6 Å². The molecule has 0 radical (unpaired) electrons. The standard InChI is InChI=1S/C23H19N7O3/c1-14-8-18(29(2)22(31)16-4-6-17(9-24)25-11-16)13-30-19(12-27-21(14)30)15-5-7-20(26-10-15)28-23(32)33-3/h4-8,10-13H,1-3H3,(H,26,28,32). The van der Waals surface area contributed by atoms with Crippen LogP contribution in [0.15, 0.2) is 55.1 Å². The van der Waals surface area contributed by atoms with E-state index in [-0.39, 0.29) is 11.6 Å². The number of nitrogens with one attached hydrogen (secondary N) is 1. The first-order valence-corrected chi connectivity index (χ1v) is 9.84. The Hall–Kier alpha value is -4.78. The van der Waals surface area contributed by atoms with Gasteiger partial charge in [-0.25, -0.2) is 19.7 Å². The first kappa shape index (κ1) is 21.5. The van der Waals surface area contributed by atoms with Gasteiger partial charge in [-0.2, -0.15) is 5.26 Å². The molecule has 4 aromatic rings. The van der Waals surface area contributed by atoms with Crippen molar-refractivity contribution in [2.45, 2.75) is 6.92 Å². The molecule has 10 nitrogen and oxygen atoms in total. The first-order valence-electron chi connectivity index (χ1n) is 9.84. The van der Waals surface area contributed by atoms with E-state index in [4.69, 9.17) is 5.26 Å². The van der Waals surface area contributed by atoms with Gasteiger partial charge in [0.15, 0.2) is 0 Å². The molecule has 0 bridgehead atoms. The van der Waals surface area contributed by atoms with Gasteiger partial charge < -0.3 is 9.64 Å². The Morgan fingerprint density at radius 3 is 2.58 bits per heavy atom. The lowest BCUT2D eigenvalue weighted by atomic mass is 10.2. The maximum atomic E-state index is 13.0. The number of rotatable bonds is 4. The van der Waals surface area contributed by atoms with Crippen LogP contribution >= 0.6 is 0 Å². The van der Waals surface area contributed by atoms with E-state index >= 15 is 0 Å². The van der Waals surface area contributed by atoms with E-state index < -0.39 is 6.09 Å². The van der Waals surface area contributed by atoms with Crippen molar-refractivity contribution in [2.75, 3.05) is 24.4 Å². The smallest absolute Gasteiger partial charge is 0.412 e. The summed E-state index contributed by atoms with van der Waals surface area (Å²) in [5.41, 5.74) is 4.45. The zero-order chi connectivity index (χ0) is 23.5. The monoisotopic (exact) mass is 441 g/mol.